The van der Waals surface area contributed by atoms with Gasteiger partial charge in [0, 0.05) is 36.4 Å². The number of anilines is 1. The standard InChI is InChI=1S/C23H28N4O4S/c28-21(23(30,17-4-1-2-5-17)18-9-13-32-15-18)31-19-14-27(11-7-16(19)8-12-27)22(29)25-20-6-3-10-24-26-20/h3,6,9-10,13,15-17,19,30H,1-2,4-5,7-8,11-12,14H2/p+1/t16?,19?,23-,27?/m1/s1. The van der Waals surface area contributed by atoms with Gasteiger partial charge in [0.05, 0.1) is 13.1 Å². The fourth-order valence-electron chi connectivity index (χ4n) is 5.72. The van der Waals surface area contributed by atoms with Gasteiger partial charge in [0.15, 0.2) is 17.5 Å². The Morgan fingerprint density at radius 3 is 2.62 bits per heavy atom. The molecule has 2 aromatic rings. The van der Waals surface area contributed by atoms with E-state index in [1.54, 1.807) is 18.3 Å². The van der Waals surface area contributed by atoms with Crippen LogP contribution in [-0.2, 0) is 15.1 Å². The molecule has 4 aliphatic rings. The van der Waals surface area contributed by atoms with Crippen LogP contribution in [0.5, 0.6) is 0 Å². The Hall–Kier alpha value is -2.36. The number of carbonyl (C=O) groups excluding carboxylic acids is 2. The minimum absolute atomic E-state index is 0.131. The number of hydrogen-bond donors (Lipinski definition) is 2. The lowest BCUT2D eigenvalue weighted by molar-refractivity contribution is -0.869. The summed E-state index contributed by atoms with van der Waals surface area (Å²) in [4.78, 5) is 26.6. The van der Waals surface area contributed by atoms with Crippen LogP contribution in [0.4, 0.5) is 10.6 Å². The van der Waals surface area contributed by atoms with Gasteiger partial charge >= 0.3 is 12.0 Å². The van der Waals surface area contributed by atoms with Gasteiger partial charge in [-0.3, -0.25) is 5.32 Å². The van der Waals surface area contributed by atoms with Crippen molar-refractivity contribution in [2.75, 3.05) is 25.0 Å². The number of rotatable bonds is 5. The predicted octanol–water partition coefficient (Wildman–Crippen LogP) is 3.30. The molecule has 1 aliphatic carbocycles. The molecule has 4 fully saturated rings. The summed E-state index contributed by atoms with van der Waals surface area (Å²) in [5.41, 5.74) is -0.986. The highest BCUT2D eigenvalue weighted by molar-refractivity contribution is 7.08. The maximum atomic E-state index is 13.5. The van der Waals surface area contributed by atoms with Crippen LogP contribution < -0.4 is 5.32 Å². The van der Waals surface area contributed by atoms with Gasteiger partial charge in [-0.2, -0.15) is 16.4 Å². The number of piperidine rings is 3. The Balaban J connectivity index is 1.34. The van der Waals surface area contributed by atoms with Crippen LogP contribution in [0.3, 0.4) is 0 Å². The summed E-state index contributed by atoms with van der Waals surface area (Å²) in [5, 5.41) is 26.0. The van der Waals surface area contributed by atoms with Crippen molar-refractivity contribution < 1.29 is 23.9 Å². The monoisotopic (exact) mass is 457 g/mol. The van der Waals surface area contributed by atoms with Crippen molar-refractivity contribution in [3.8, 4) is 0 Å². The number of quaternary nitrogens is 1. The smallest absolute Gasteiger partial charge is 0.422 e. The molecule has 170 valence electrons. The van der Waals surface area contributed by atoms with Gasteiger partial charge in [-0.15, -0.1) is 5.10 Å². The van der Waals surface area contributed by atoms with Crippen LogP contribution in [-0.4, -0.2) is 57.5 Å². The fraction of sp³-hybridized carbons (Fsp3) is 0.565. The van der Waals surface area contributed by atoms with Crippen molar-refractivity contribution >= 4 is 29.2 Å². The predicted molar refractivity (Wildman–Crippen MR) is 119 cm³/mol. The Labute approximate surface area is 191 Å². The van der Waals surface area contributed by atoms with E-state index in [0.717, 1.165) is 38.5 Å². The molecule has 0 aromatic carbocycles. The number of esters is 1. The minimum Gasteiger partial charge on any atom is -0.454 e. The molecule has 2 bridgehead atoms. The second-order valence-corrected chi connectivity index (χ2v) is 10.1. The molecule has 3 saturated heterocycles. The number of nitrogens with zero attached hydrogens (tertiary/aromatic N) is 3. The van der Waals surface area contributed by atoms with Crippen LogP contribution in [0.25, 0.3) is 0 Å². The van der Waals surface area contributed by atoms with Crippen molar-refractivity contribution in [2.45, 2.75) is 50.2 Å². The lowest BCUT2D eigenvalue weighted by Gasteiger charge is -2.49. The van der Waals surface area contributed by atoms with E-state index in [1.807, 2.05) is 16.8 Å². The molecule has 3 aliphatic heterocycles. The van der Waals surface area contributed by atoms with Crippen molar-refractivity contribution in [1.29, 1.82) is 0 Å². The van der Waals surface area contributed by atoms with Gasteiger partial charge in [-0.1, -0.05) is 12.8 Å². The lowest BCUT2D eigenvalue weighted by Crippen LogP contribution is -2.68. The quantitative estimate of drug-likeness (QED) is 0.528. The third-order valence-corrected chi connectivity index (χ3v) is 8.31. The molecule has 2 amide bonds. The van der Waals surface area contributed by atoms with E-state index in [1.165, 1.54) is 11.3 Å². The number of aromatic nitrogens is 2. The molecular formula is C23H29N4O4S+. The summed E-state index contributed by atoms with van der Waals surface area (Å²) in [6.07, 6.45) is 6.45. The first-order valence-corrected chi connectivity index (χ1v) is 12.4. The van der Waals surface area contributed by atoms with E-state index in [2.05, 4.69) is 15.5 Å². The van der Waals surface area contributed by atoms with Gasteiger partial charge < -0.3 is 9.84 Å². The average Bonchev–Trinajstić information content (AvgIpc) is 3.55. The van der Waals surface area contributed by atoms with Gasteiger partial charge in [0.2, 0.25) is 0 Å². The molecule has 9 heteroatoms. The van der Waals surface area contributed by atoms with E-state index in [4.69, 9.17) is 4.74 Å². The molecule has 5 heterocycles. The number of carbonyl (C=O) groups is 2. The third kappa shape index (κ3) is 3.72. The zero-order valence-corrected chi connectivity index (χ0v) is 18.8. The van der Waals surface area contributed by atoms with E-state index in [0.29, 0.717) is 31.0 Å². The summed E-state index contributed by atoms with van der Waals surface area (Å²) in [6, 6.07) is 5.11. The Bertz CT molecular complexity index is 956. The van der Waals surface area contributed by atoms with Crippen LogP contribution in [0.1, 0.15) is 44.1 Å². The SMILES string of the molecule is O=C(OC1C[N+]2(C(=O)Nc3cccnn3)CCC1CC2)[C@](O)(c1ccsc1)C1CCCC1. The Morgan fingerprint density at radius 1 is 1.19 bits per heavy atom. The number of urea groups is 1. The number of nitrogens with one attached hydrogen (secondary N) is 1. The fourth-order valence-corrected chi connectivity index (χ4v) is 6.43. The van der Waals surface area contributed by atoms with Crippen molar-refractivity contribution in [2.24, 2.45) is 11.8 Å². The first-order valence-electron chi connectivity index (χ1n) is 11.4. The first-order chi connectivity index (χ1) is 15.5. The maximum Gasteiger partial charge on any atom is 0.422 e. The number of fused-ring (bicyclic) bond motifs is 3. The summed E-state index contributed by atoms with van der Waals surface area (Å²) in [6.45, 7) is 1.84. The van der Waals surface area contributed by atoms with Crippen LogP contribution in [0.2, 0.25) is 0 Å². The van der Waals surface area contributed by atoms with Gasteiger partial charge in [0.1, 0.15) is 6.54 Å². The third-order valence-electron chi connectivity index (χ3n) is 7.63. The van der Waals surface area contributed by atoms with Crippen molar-refractivity contribution in [3.05, 3.63) is 40.7 Å². The largest absolute Gasteiger partial charge is 0.454 e. The molecule has 32 heavy (non-hydrogen) atoms. The van der Waals surface area contributed by atoms with Gasteiger partial charge in [0.25, 0.3) is 0 Å². The van der Waals surface area contributed by atoms with E-state index < -0.39 is 11.6 Å². The average molecular weight is 458 g/mol. The highest BCUT2D eigenvalue weighted by Gasteiger charge is 2.55. The second kappa shape index (κ2) is 8.53. The summed E-state index contributed by atoms with van der Waals surface area (Å²) in [5.74, 6) is -0.0549. The van der Waals surface area contributed by atoms with E-state index in [9.17, 15) is 14.7 Å². The highest BCUT2D eigenvalue weighted by atomic mass is 32.1. The molecule has 8 nitrogen and oxygen atoms in total. The van der Waals surface area contributed by atoms with Crippen molar-refractivity contribution in [1.82, 2.24) is 10.2 Å². The maximum absolute atomic E-state index is 13.5. The zero-order valence-electron chi connectivity index (χ0n) is 18.0. The normalized spacial score (nSPS) is 29.4. The number of hydrogen-bond acceptors (Lipinski definition) is 7. The molecule has 2 atom stereocenters. The summed E-state index contributed by atoms with van der Waals surface area (Å²) >= 11 is 1.47. The van der Waals surface area contributed by atoms with Crippen molar-refractivity contribution in [3.63, 3.8) is 0 Å². The van der Waals surface area contributed by atoms with E-state index in [-0.39, 0.29) is 28.5 Å². The van der Waals surface area contributed by atoms with E-state index >= 15 is 0 Å². The number of ether oxygens (including phenoxy) is 1. The topological polar surface area (TPSA) is 101 Å². The molecule has 2 N–H and O–H groups in total. The molecular weight excluding hydrogens is 428 g/mol. The van der Waals surface area contributed by atoms with Gasteiger partial charge in [-0.25, -0.2) is 14.1 Å². The van der Waals surface area contributed by atoms with Gasteiger partial charge in [-0.05, 0) is 41.8 Å². The summed E-state index contributed by atoms with van der Waals surface area (Å²) in [7, 11) is 0. The number of aliphatic hydroxyl groups is 1. The lowest BCUT2D eigenvalue weighted by atomic mass is 9.80. The van der Waals surface area contributed by atoms with Crippen LogP contribution in [0, 0.1) is 11.8 Å². The Morgan fingerprint density at radius 2 is 1.97 bits per heavy atom. The van der Waals surface area contributed by atoms with Crippen LogP contribution in [0.15, 0.2) is 35.2 Å². The Kier molecular flexibility index (Phi) is 5.73. The first kappa shape index (κ1) is 21.5. The molecule has 0 radical (unpaired) electrons. The number of amides is 2. The number of thiophene rings is 1. The second-order valence-electron chi connectivity index (χ2n) is 9.35. The van der Waals surface area contributed by atoms with Crippen LogP contribution >= 0.6 is 11.3 Å². The molecule has 6 rings (SSSR count). The minimum atomic E-state index is -1.62. The molecule has 0 spiro atoms. The zero-order chi connectivity index (χ0) is 22.2. The molecule has 1 unspecified atom stereocenters. The molecule has 2 aromatic heterocycles. The summed E-state index contributed by atoms with van der Waals surface area (Å²) < 4.78 is 6.26. The molecule has 1 saturated carbocycles. The highest BCUT2D eigenvalue weighted by Crippen LogP contribution is 2.44.